The topological polar surface area (TPSA) is 61.5 Å². The maximum atomic E-state index is 12.1. The van der Waals surface area contributed by atoms with E-state index in [1.165, 1.54) is 7.11 Å². The molecule has 0 aliphatic heterocycles. The Morgan fingerprint density at radius 2 is 2.00 bits per heavy atom. The van der Waals surface area contributed by atoms with Crippen LogP contribution in [0.5, 0.6) is 11.5 Å². The second-order valence-electron chi connectivity index (χ2n) is 4.05. The first-order chi connectivity index (χ1) is 7.60. The highest BCUT2D eigenvalue weighted by Crippen LogP contribution is 2.38. The number of hydrogen-bond donors (Lipinski definition) is 1. The number of carbonyl (C=O) groups is 1. The molecule has 1 saturated carbocycles. The Hall–Kier alpha value is -1.55. The van der Waals surface area contributed by atoms with Gasteiger partial charge in [-0.1, -0.05) is 0 Å². The van der Waals surface area contributed by atoms with E-state index in [4.69, 9.17) is 15.2 Å². The van der Waals surface area contributed by atoms with Gasteiger partial charge in [-0.2, -0.15) is 0 Å². The first-order valence-electron chi connectivity index (χ1n) is 5.16. The average molecular weight is 221 g/mol. The number of ether oxygens (including phenoxy) is 2. The molecule has 4 heteroatoms. The molecular weight excluding hydrogens is 206 g/mol. The van der Waals surface area contributed by atoms with Gasteiger partial charge in [0.25, 0.3) is 0 Å². The van der Waals surface area contributed by atoms with E-state index < -0.39 is 5.54 Å². The summed E-state index contributed by atoms with van der Waals surface area (Å²) in [7, 11) is 3.10. The first-order valence-corrected chi connectivity index (χ1v) is 5.16. The number of hydrogen-bond acceptors (Lipinski definition) is 4. The van der Waals surface area contributed by atoms with Crippen LogP contribution in [0, 0.1) is 0 Å². The summed E-state index contributed by atoms with van der Waals surface area (Å²) in [6.45, 7) is 0. The molecule has 0 unspecified atom stereocenters. The molecule has 1 aliphatic rings. The van der Waals surface area contributed by atoms with Crippen molar-refractivity contribution in [3.63, 3.8) is 0 Å². The van der Waals surface area contributed by atoms with Crippen LogP contribution >= 0.6 is 0 Å². The minimum absolute atomic E-state index is 0.0491. The fraction of sp³-hybridized carbons (Fsp3) is 0.417. The quantitative estimate of drug-likeness (QED) is 0.780. The Kier molecular flexibility index (Phi) is 2.59. The summed E-state index contributed by atoms with van der Waals surface area (Å²) < 4.78 is 10.2. The van der Waals surface area contributed by atoms with Crippen molar-refractivity contribution in [2.75, 3.05) is 14.2 Å². The second kappa shape index (κ2) is 3.79. The maximum Gasteiger partial charge on any atom is 0.186 e. The van der Waals surface area contributed by atoms with Crippen molar-refractivity contribution in [3.8, 4) is 11.5 Å². The summed E-state index contributed by atoms with van der Waals surface area (Å²) in [6, 6.07) is 5.13. The van der Waals surface area contributed by atoms with Gasteiger partial charge in [0.15, 0.2) is 5.78 Å². The van der Waals surface area contributed by atoms with Crippen LogP contribution in [0.1, 0.15) is 23.2 Å². The molecule has 0 atom stereocenters. The van der Waals surface area contributed by atoms with Crippen molar-refractivity contribution >= 4 is 5.78 Å². The van der Waals surface area contributed by atoms with Gasteiger partial charge in [0.05, 0.1) is 25.3 Å². The zero-order chi connectivity index (χ0) is 11.8. The largest absolute Gasteiger partial charge is 0.497 e. The zero-order valence-corrected chi connectivity index (χ0v) is 9.45. The lowest BCUT2D eigenvalue weighted by atomic mass is 10.0. The number of rotatable bonds is 4. The van der Waals surface area contributed by atoms with Gasteiger partial charge >= 0.3 is 0 Å². The van der Waals surface area contributed by atoms with E-state index in [0.29, 0.717) is 17.1 Å². The molecule has 0 spiro atoms. The maximum absolute atomic E-state index is 12.1. The number of carbonyl (C=O) groups excluding carboxylic acids is 1. The van der Waals surface area contributed by atoms with Crippen molar-refractivity contribution in [2.45, 2.75) is 18.4 Å². The summed E-state index contributed by atoms with van der Waals surface area (Å²) >= 11 is 0. The van der Waals surface area contributed by atoms with E-state index >= 15 is 0 Å². The molecule has 16 heavy (non-hydrogen) atoms. The fourth-order valence-corrected chi connectivity index (χ4v) is 1.62. The van der Waals surface area contributed by atoms with Gasteiger partial charge in [0.2, 0.25) is 0 Å². The number of Topliss-reactive ketones (excluding diaryl/α,β-unsaturated/α-hetero) is 1. The van der Waals surface area contributed by atoms with Crippen LogP contribution in [0.2, 0.25) is 0 Å². The van der Waals surface area contributed by atoms with Gasteiger partial charge in [-0.15, -0.1) is 0 Å². The molecule has 0 amide bonds. The molecule has 4 nitrogen and oxygen atoms in total. The average Bonchev–Trinajstić information content (AvgIpc) is 3.06. The molecule has 0 aromatic heterocycles. The van der Waals surface area contributed by atoms with Gasteiger partial charge in [-0.3, -0.25) is 4.79 Å². The van der Waals surface area contributed by atoms with E-state index in [0.717, 1.165) is 12.8 Å². The summed E-state index contributed by atoms with van der Waals surface area (Å²) in [5.74, 6) is 1.13. The Morgan fingerprint density at radius 1 is 1.31 bits per heavy atom. The third kappa shape index (κ3) is 1.76. The van der Waals surface area contributed by atoms with Crippen LogP contribution in [0.4, 0.5) is 0 Å². The molecule has 86 valence electrons. The van der Waals surface area contributed by atoms with Crippen LogP contribution in [0.25, 0.3) is 0 Å². The molecule has 1 aromatic carbocycles. The minimum Gasteiger partial charge on any atom is -0.497 e. The lowest BCUT2D eigenvalue weighted by molar-refractivity contribution is 0.0946. The number of benzene rings is 1. The van der Waals surface area contributed by atoms with E-state index in [9.17, 15) is 4.79 Å². The van der Waals surface area contributed by atoms with Crippen LogP contribution in [-0.4, -0.2) is 25.5 Å². The van der Waals surface area contributed by atoms with Crippen LogP contribution < -0.4 is 15.2 Å². The van der Waals surface area contributed by atoms with Crippen LogP contribution in [-0.2, 0) is 0 Å². The van der Waals surface area contributed by atoms with E-state index in [-0.39, 0.29) is 5.78 Å². The van der Waals surface area contributed by atoms with Crippen molar-refractivity contribution < 1.29 is 14.3 Å². The summed E-state index contributed by atoms with van der Waals surface area (Å²) in [5, 5.41) is 0. The summed E-state index contributed by atoms with van der Waals surface area (Å²) in [6.07, 6.45) is 1.50. The van der Waals surface area contributed by atoms with Gasteiger partial charge < -0.3 is 15.2 Å². The normalized spacial score (nSPS) is 16.7. The van der Waals surface area contributed by atoms with Gasteiger partial charge in [0, 0.05) is 6.07 Å². The van der Waals surface area contributed by atoms with Crippen molar-refractivity contribution in [1.29, 1.82) is 0 Å². The molecule has 2 rings (SSSR count). The third-order valence-corrected chi connectivity index (χ3v) is 2.89. The van der Waals surface area contributed by atoms with E-state index in [2.05, 4.69) is 0 Å². The van der Waals surface area contributed by atoms with Gasteiger partial charge in [0.1, 0.15) is 11.5 Å². The Bertz CT molecular complexity index is 424. The molecular formula is C12H15NO3. The van der Waals surface area contributed by atoms with Crippen molar-refractivity contribution in [1.82, 2.24) is 0 Å². The Morgan fingerprint density at radius 3 is 2.50 bits per heavy atom. The molecule has 0 heterocycles. The second-order valence-corrected chi connectivity index (χ2v) is 4.05. The van der Waals surface area contributed by atoms with E-state index in [1.54, 1.807) is 25.3 Å². The Balaban J connectivity index is 2.36. The predicted molar refractivity (Wildman–Crippen MR) is 60.0 cm³/mol. The predicted octanol–water partition coefficient (Wildman–Crippen LogP) is 1.38. The van der Waals surface area contributed by atoms with Crippen LogP contribution in [0.3, 0.4) is 0 Å². The van der Waals surface area contributed by atoms with E-state index in [1.807, 2.05) is 0 Å². The van der Waals surface area contributed by atoms with Gasteiger partial charge in [-0.05, 0) is 25.0 Å². The zero-order valence-electron chi connectivity index (χ0n) is 9.45. The summed E-state index contributed by atoms with van der Waals surface area (Å²) in [5.41, 5.74) is 5.75. The lowest BCUT2D eigenvalue weighted by Crippen LogP contribution is -2.33. The molecule has 0 saturated heterocycles. The first kappa shape index (κ1) is 11.0. The lowest BCUT2D eigenvalue weighted by Gasteiger charge is -2.12. The standard InChI is InChI=1S/C12H15NO3/c1-15-8-3-4-9(10(7-8)16-2)11(14)12(13)5-6-12/h3-4,7H,5-6,13H2,1-2H3. The fourth-order valence-electron chi connectivity index (χ4n) is 1.62. The van der Waals surface area contributed by atoms with Crippen molar-refractivity contribution in [2.24, 2.45) is 5.73 Å². The highest BCUT2D eigenvalue weighted by atomic mass is 16.5. The van der Waals surface area contributed by atoms with Gasteiger partial charge in [-0.25, -0.2) is 0 Å². The minimum atomic E-state index is -0.665. The van der Waals surface area contributed by atoms with Crippen molar-refractivity contribution in [3.05, 3.63) is 23.8 Å². The molecule has 0 bridgehead atoms. The third-order valence-electron chi connectivity index (χ3n) is 2.89. The summed E-state index contributed by atoms with van der Waals surface area (Å²) in [4.78, 5) is 12.1. The molecule has 2 N–H and O–H groups in total. The highest BCUT2D eigenvalue weighted by molar-refractivity contribution is 6.07. The SMILES string of the molecule is COc1ccc(C(=O)C2(N)CC2)c(OC)c1. The Labute approximate surface area is 94.3 Å². The monoisotopic (exact) mass is 221 g/mol. The molecule has 1 aliphatic carbocycles. The number of methoxy groups -OCH3 is 2. The number of nitrogens with two attached hydrogens (primary N) is 1. The number of ketones is 1. The molecule has 0 radical (unpaired) electrons. The smallest absolute Gasteiger partial charge is 0.186 e. The van der Waals surface area contributed by atoms with Crippen LogP contribution in [0.15, 0.2) is 18.2 Å². The molecule has 1 fully saturated rings. The highest BCUT2D eigenvalue weighted by Gasteiger charge is 2.46. The molecule has 1 aromatic rings.